The Hall–Kier alpha value is -3.21. The lowest BCUT2D eigenvalue weighted by atomic mass is 10.0. The molecule has 0 saturated carbocycles. The summed E-state index contributed by atoms with van der Waals surface area (Å²) in [5, 5.41) is 0. The molecule has 1 unspecified atom stereocenters. The predicted molar refractivity (Wildman–Crippen MR) is 94.9 cm³/mol. The monoisotopic (exact) mass is 334 g/mol. The summed E-state index contributed by atoms with van der Waals surface area (Å²) in [7, 11) is 0. The number of benzene rings is 2. The third-order valence-electron chi connectivity index (χ3n) is 4.05. The first kappa shape index (κ1) is 16.6. The molecule has 0 aliphatic carbocycles. The topological polar surface area (TPSA) is 57.7 Å². The first-order valence-corrected chi connectivity index (χ1v) is 8.06. The Bertz CT molecular complexity index is 815. The van der Waals surface area contributed by atoms with Crippen LogP contribution in [0.4, 0.5) is 10.5 Å². The lowest BCUT2D eigenvalue weighted by Crippen LogP contribution is -2.40. The molecule has 2 aromatic rings. The smallest absolute Gasteiger partial charge is 0.272 e. The normalized spacial score (nSPS) is 17.6. The maximum atomic E-state index is 12.9. The molecule has 1 saturated heterocycles. The van der Waals surface area contributed by atoms with E-state index in [4.69, 9.17) is 0 Å². The zero-order valence-corrected chi connectivity index (χ0v) is 13.8. The fourth-order valence-electron chi connectivity index (χ4n) is 2.90. The number of imide groups is 2. The first-order chi connectivity index (χ1) is 12.1. The van der Waals surface area contributed by atoms with Crippen LogP contribution in [0.2, 0.25) is 0 Å². The lowest BCUT2D eigenvalue weighted by molar-refractivity contribution is -0.129. The number of amides is 4. The van der Waals surface area contributed by atoms with E-state index in [-0.39, 0.29) is 6.42 Å². The third kappa shape index (κ3) is 3.21. The van der Waals surface area contributed by atoms with Gasteiger partial charge in [0, 0.05) is 6.42 Å². The summed E-state index contributed by atoms with van der Waals surface area (Å²) in [6.45, 7) is 1.70. The second-order valence-corrected chi connectivity index (χ2v) is 5.71. The quantitative estimate of drug-likeness (QED) is 0.637. The Morgan fingerprint density at radius 2 is 1.60 bits per heavy atom. The molecule has 4 amide bonds. The first-order valence-electron chi connectivity index (χ1n) is 8.06. The van der Waals surface area contributed by atoms with E-state index in [0.29, 0.717) is 5.69 Å². The molecule has 0 aromatic heterocycles. The molecule has 5 heteroatoms. The maximum Gasteiger partial charge on any atom is 0.339 e. The third-order valence-corrected chi connectivity index (χ3v) is 4.05. The van der Waals surface area contributed by atoms with E-state index < -0.39 is 23.9 Å². The number of hydrogen-bond acceptors (Lipinski definition) is 3. The highest BCUT2D eigenvalue weighted by Crippen LogP contribution is 2.27. The summed E-state index contributed by atoms with van der Waals surface area (Å²) in [6, 6.07) is 16.6. The zero-order valence-electron chi connectivity index (χ0n) is 13.8. The summed E-state index contributed by atoms with van der Waals surface area (Å²) in [5.74, 6) is -0.877. The summed E-state index contributed by atoms with van der Waals surface area (Å²) in [4.78, 5) is 40.3. The number of anilines is 1. The van der Waals surface area contributed by atoms with E-state index in [0.717, 1.165) is 15.4 Å². The van der Waals surface area contributed by atoms with E-state index in [1.165, 1.54) is 6.08 Å². The summed E-state index contributed by atoms with van der Waals surface area (Å²) in [5.41, 5.74) is 1.35. The molecule has 126 valence electrons. The zero-order chi connectivity index (χ0) is 17.8. The van der Waals surface area contributed by atoms with Crippen molar-refractivity contribution in [3.8, 4) is 0 Å². The van der Waals surface area contributed by atoms with Crippen LogP contribution in [0.5, 0.6) is 0 Å². The highest BCUT2D eigenvalue weighted by Gasteiger charge is 2.48. The van der Waals surface area contributed by atoms with Gasteiger partial charge >= 0.3 is 6.03 Å². The molecule has 0 N–H and O–H groups in total. The molecular formula is C20H18N2O3. The molecule has 0 radical (unpaired) electrons. The van der Waals surface area contributed by atoms with Gasteiger partial charge in [-0.25, -0.2) is 14.6 Å². The summed E-state index contributed by atoms with van der Waals surface area (Å²) >= 11 is 0. The molecule has 1 aliphatic rings. The Labute approximate surface area is 146 Å². The number of carbonyl (C=O) groups excluding carboxylic acids is 3. The molecule has 1 atom stereocenters. The van der Waals surface area contributed by atoms with Crippen molar-refractivity contribution in [2.24, 2.45) is 0 Å². The number of urea groups is 1. The van der Waals surface area contributed by atoms with Crippen LogP contribution in [0.15, 0.2) is 72.8 Å². The van der Waals surface area contributed by atoms with Crippen LogP contribution in [-0.2, 0) is 16.0 Å². The van der Waals surface area contributed by atoms with Crippen LogP contribution in [0.1, 0.15) is 12.5 Å². The standard InChI is InChI=1S/C20H18N2O3/c1-2-9-18(23)22-17(14-15-10-5-3-6-11-15)19(24)21(20(22)25)16-12-7-4-8-13-16/h2-13,17H,14H2,1H3/b9-2+. The van der Waals surface area contributed by atoms with Gasteiger partial charge in [-0.3, -0.25) is 9.59 Å². The average molecular weight is 334 g/mol. The molecule has 1 aliphatic heterocycles. The van der Waals surface area contributed by atoms with Crippen LogP contribution in [-0.4, -0.2) is 28.8 Å². The Kier molecular flexibility index (Phi) is 4.75. The number of carbonyl (C=O) groups is 3. The minimum Gasteiger partial charge on any atom is -0.272 e. The molecular weight excluding hydrogens is 316 g/mol. The summed E-state index contributed by atoms with van der Waals surface area (Å²) < 4.78 is 0. The number of para-hydroxylation sites is 1. The molecule has 1 fully saturated rings. The predicted octanol–water partition coefficient (Wildman–Crippen LogP) is 3.17. The van der Waals surface area contributed by atoms with Crippen LogP contribution in [0, 0.1) is 0 Å². The number of rotatable bonds is 4. The maximum absolute atomic E-state index is 12.9. The average Bonchev–Trinajstić information content (AvgIpc) is 2.87. The molecule has 2 aromatic carbocycles. The Balaban J connectivity index is 1.99. The van der Waals surface area contributed by atoms with E-state index >= 15 is 0 Å². The minimum absolute atomic E-state index is 0.290. The van der Waals surface area contributed by atoms with Crippen LogP contribution < -0.4 is 4.90 Å². The summed E-state index contributed by atoms with van der Waals surface area (Å²) in [6.07, 6.45) is 3.15. The van der Waals surface area contributed by atoms with E-state index in [1.54, 1.807) is 43.3 Å². The van der Waals surface area contributed by atoms with Crippen molar-refractivity contribution in [2.75, 3.05) is 4.90 Å². The molecule has 1 heterocycles. The van der Waals surface area contributed by atoms with Crippen molar-refractivity contribution >= 4 is 23.5 Å². The van der Waals surface area contributed by atoms with Crippen molar-refractivity contribution in [3.63, 3.8) is 0 Å². The van der Waals surface area contributed by atoms with Crippen molar-refractivity contribution in [2.45, 2.75) is 19.4 Å². The fourth-order valence-corrected chi connectivity index (χ4v) is 2.90. The van der Waals surface area contributed by atoms with E-state index in [1.807, 2.05) is 30.3 Å². The highest BCUT2D eigenvalue weighted by molar-refractivity contribution is 6.26. The van der Waals surface area contributed by atoms with Gasteiger partial charge in [-0.15, -0.1) is 0 Å². The van der Waals surface area contributed by atoms with Crippen molar-refractivity contribution in [1.82, 2.24) is 4.90 Å². The van der Waals surface area contributed by atoms with Gasteiger partial charge in [0.1, 0.15) is 6.04 Å². The second kappa shape index (κ2) is 7.13. The number of nitrogens with zero attached hydrogens (tertiary/aromatic N) is 2. The van der Waals surface area contributed by atoms with Gasteiger partial charge in [-0.05, 0) is 30.7 Å². The van der Waals surface area contributed by atoms with Gasteiger partial charge in [0.25, 0.3) is 11.8 Å². The largest absolute Gasteiger partial charge is 0.339 e. The second-order valence-electron chi connectivity index (χ2n) is 5.71. The van der Waals surface area contributed by atoms with Crippen molar-refractivity contribution < 1.29 is 14.4 Å². The fraction of sp³-hybridized carbons (Fsp3) is 0.150. The van der Waals surface area contributed by atoms with Gasteiger partial charge in [-0.2, -0.15) is 0 Å². The van der Waals surface area contributed by atoms with Gasteiger partial charge in [0.15, 0.2) is 0 Å². The van der Waals surface area contributed by atoms with Crippen molar-refractivity contribution in [1.29, 1.82) is 0 Å². The molecule has 0 bridgehead atoms. The Morgan fingerprint density at radius 1 is 1.00 bits per heavy atom. The lowest BCUT2D eigenvalue weighted by Gasteiger charge is -2.18. The molecule has 0 spiro atoms. The molecule has 25 heavy (non-hydrogen) atoms. The molecule has 3 rings (SSSR count). The number of hydrogen-bond donors (Lipinski definition) is 0. The Morgan fingerprint density at radius 3 is 2.20 bits per heavy atom. The van der Waals surface area contributed by atoms with Crippen LogP contribution in [0.3, 0.4) is 0 Å². The minimum atomic E-state index is -0.848. The van der Waals surface area contributed by atoms with Crippen molar-refractivity contribution in [3.05, 3.63) is 78.4 Å². The number of allylic oxidation sites excluding steroid dienone is 1. The van der Waals surface area contributed by atoms with Gasteiger partial charge < -0.3 is 0 Å². The van der Waals surface area contributed by atoms with Crippen LogP contribution in [0.25, 0.3) is 0 Å². The molecule has 5 nitrogen and oxygen atoms in total. The SMILES string of the molecule is C/C=C/C(=O)N1C(=O)N(c2ccccc2)C(=O)C1Cc1ccccc1. The van der Waals surface area contributed by atoms with Crippen LogP contribution >= 0.6 is 0 Å². The van der Waals surface area contributed by atoms with Gasteiger partial charge in [-0.1, -0.05) is 54.6 Å². The van der Waals surface area contributed by atoms with Gasteiger partial charge in [0.05, 0.1) is 5.69 Å². The van der Waals surface area contributed by atoms with Gasteiger partial charge in [0.2, 0.25) is 0 Å². The van der Waals surface area contributed by atoms with E-state index in [2.05, 4.69) is 0 Å². The highest BCUT2D eigenvalue weighted by atomic mass is 16.2. The van der Waals surface area contributed by atoms with E-state index in [9.17, 15) is 14.4 Å².